The van der Waals surface area contributed by atoms with E-state index in [0.717, 1.165) is 43.8 Å². The topological polar surface area (TPSA) is 61.9 Å². The largest absolute Gasteiger partial charge is 0.497 e. The molecule has 0 radical (unpaired) electrons. The fraction of sp³-hybridized carbons (Fsp3) is 0.481. The van der Waals surface area contributed by atoms with E-state index in [1.807, 2.05) is 32.0 Å². The number of methoxy groups -OCH3 is 1. The van der Waals surface area contributed by atoms with Crippen LogP contribution in [-0.4, -0.2) is 54.0 Å². The molecule has 0 spiro atoms. The highest BCUT2D eigenvalue weighted by atomic mass is 19.1. The van der Waals surface area contributed by atoms with Crippen LogP contribution < -0.4 is 10.1 Å². The molecule has 3 amide bonds. The number of carbonyl (C=O) groups is 2. The number of piperidine rings is 1. The fourth-order valence-corrected chi connectivity index (χ4v) is 5.26. The summed E-state index contributed by atoms with van der Waals surface area (Å²) in [5, 5.41) is 3.07. The van der Waals surface area contributed by atoms with E-state index in [-0.39, 0.29) is 29.6 Å². The SMILES string of the molecule is COc1ccc(CN2CCC([C@]3(Cc4cccc(F)c4)NC(=O)N(CC(C)C)C3=O)CC2)cc1. The maximum absolute atomic E-state index is 13.9. The molecule has 6 nitrogen and oxygen atoms in total. The van der Waals surface area contributed by atoms with Gasteiger partial charge in [0.25, 0.3) is 5.91 Å². The summed E-state index contributed by atoms with van der Waals surface area (Å²) in [6, 6.07) is 14.1. The molecule has 0 aliphatic carbocycles. The molecule has 34 heavy (non-hydrogen) atoms. The summed E-state index contributed by atoms with van der Waals surface area (Å²) in [6.45, 7) is 6.85. The number of carbonyl (C=O) groups excluding carboxylic acids is 2. The van der Waals surface area contributed by atoms with E-state index in [0.29, 0.717) is 13.0 Å². The molecule has 2 heterocycles. The van der Waals surface area contributed by atoms with Crippen molar-refractivity contribution < 1.29 is 18.7 Å². The highest BCUT2D eigenvalue weighted by Gasteiger charge is 2.55. The van der Waals surface area contributed by atoms with Crippen LogP contribution in [0.4, 0.5) is 9.18 Å². The van der Waals surface area contributed by atoms with Crippen molar-refractivity contribution in [2.75, 3.05) is 26.7 Å². The average Bonchev–Trinajstić information content (AvgIpc) is 3.04. The first kappa shape index (κ1) is 24.2. The minimum atomic E-state index is -1.04. The molecule has 2 saturated heterocycles. The summed E-state index contributed by atoms with van der Waals surface area (Å²) in [5.41, 5.74) is 0.897. The number of nitrogens with one attached hydrogen (secondary N) is 1. The lowest BCUT2D eigenvalue weighted by atomic mass is 9.73. The lowest BCUT2D eigenvalue weighted by Gasteiger charge is -2.41. The van der Waals surface area contributed by atoms with Crippen LogP contribution in [0.5, 0.6) is 5.75 Å². The fourth-order valence-electron chi connectivity index (χ4n) is 5.26. The Morgan fingerprint density at radius 1 is 1.09 bits per heavy atom. The van der Waals surface area contributed by atoms with Crippen molar-refractivity contribution in [1.29, 1.82) is 0 Å². The van der Waals surface area contributed by atoms with Crippen molar-refractivity contribution in [3.8, 4) is 5.75 Å². The summed E-state index contributed by atoms with van der Waals surface area (Å²) >= 11 is 0. The van der Waals surface area contributed by atoms with E-state index in [4.69, 9.17) is 4.74 Å². The Balaban J connectivity index is 1.52. The third-order valence-corrected chi connectivity index (χ3v) is 6.97. The van der Waals surface area contributed by atoms with Crippen molar-refractivity contribution in [3.05, 3.63) is 65.5 Å². The van der Waals surface area contributed by atoms with E-state index in [2.05, 4.69) is 22.3 Å². The van der Waals surface area contributed by atoms with Gasteiger partial charge in [0.2, 0.25) is 0 Å². The number of halogens is 1. The quantitative estimate of drug-likeness (QED) is 0.590. The molecule has 4 rings (SSSR count). The average molecular weight is 468 g/mol. The lowest BCUT2D eigenvalue weighted by Crippen LogP contribution is -2.57. The van der Waals surface area contributed by atoms with Crippen LogP contribution in [0.3, 0.4) is 0 Å². The second kappa shape index (κ2) is 10.1. The van der Waals surface area contributed by atoms with Crippen LogP contribution in [0, 0.1) is 17.7 Å². The van der Waals surface area contributed by atoms with Gasteiger partial charge in [-0.25, -0.2) is 9.18 Å². The number of ether oxygens (including phenoxy) is 1. The number of rotatable bonds is 8. The second-order valence-electron chi connectivity index (χ2n) is 9.92. The minimum absolute atomic E-state index is 0.0171. The smallest absolute Gasteiger partial charge is 0.325 e. The molecule has 0 bridgehead atoms. The molecule has 2 aromatic rings. The van der Waals surface area contributed by atoms with E-state index in [1.54, 1.807) is 13.2 Å². The van der Waals surface area contributed by atoms with Gasteiger partial charge in [-0.3, -0.25) is 14.6 Å². The number of hydrogen-bond acceptors (Lipinski definition) is 4. The van der Waals surface area contributed by atoms with Gasteiger partial charge >= 0.3 is 6.03 Å². The van der Waals surface area contributed by atoms with Crippen LogP contribution in [0.2, 0.25) is 0 Å². The monoisotopic (exact) mass is 467 g/mol. The number of nitrogens with zero attached hydrogens (tertiary/aromatic N) is 2. The molecule has 0 saturated carbocycles. The van der Waals surface area contributed by atoms with E-state index < -0.39 is 5.54 Å². The van der Waals surface area contributed by atoms with Crippen LogP contribution in [-0.2, 0) is 17.8 Å². The highest BCUT2D eigenvalue weighted by Crippen LogP contribution is 2.37. The van der Waals surface area contributed by atoms with E-state index >= 15 is 0 Å². The van der Waals surface area contributed by atoms with Crippen molar-refractivity contribution in [2.24, 2.45) is 11.8 Å². The van der Waals surface area contributed by atoms with Gasteiger partial charge in [-0.05, 0) is 73.2 Å². The van der Waals surface area contributed by atoms with Gasteiger partial charge in [0.15, 0.2) is 0 Å². The minimum Gasteiger partial charge on any atom is -0.497 e. The number of amides is 3. The first-order chi connectivity index (χ1) is 16.3. The number of imide groups is 1. The zero-order valence-corrected chi connectivity index (χ0v) is 20.2. The van der Waals surface area contributed by atoms with Gasteiger partial charge in [0, 0.05) is 19.5 Å². The number of hydrogen-bond donors (Lipinski definition) is 1. The molecule has 182 valence electrons. The van der Waals surface area contributed by atoms with Crippen molar-refractivity contribution in [1.82, 2.24) is 15.1 Å². The number of urea groups is 1. The van der Waals surface area contributed by atoms with Crippen molar-refractivity contribution in [3.63, 3.8) is 0 Å². The van der Waals surface area contributed by atoms with Gasteiger partial charge in [0.05, 0.1) is 7.11 Å². The van der Waals surface area contributed by atoms with Gasteiger partial charge in [0.1, 0.15) is 17.1 Å². The Kier molecular flexibility index (Phi) is 7.22. The highest BCUT2D eigenvalue weighted by molar-refractivity contribution is 6.07. The maximum Gasteiger partial charge on any atom is 0.325 e. The number of likely N-dealkylation sites (tertiary alicyclic amines) is 1. The van der Waals surface area contributed by atoms with Gasteiger partial charge in [-0.2, -0.15) is 0 Å². The van der Waals surface area contributed by atoms with Crippen LogP contribution in [0.1, 0.15) is 37.8 Å². The summed E-state index contributed by atoms with van der Waals surface area (Å²) in [4.78, 5) is 30.3. The first-order valence-electron chi connectivity index (χ1n) is 12.0. The van der Waals surface area contributed by atoms with Crippen LogP contribution in [0.25, 0.3) is 0 Å². The third kappa shape index (κ3) is 5.09. The van der Waals surface area contributed by atoms with E-state index in [1.165, 1.54) is 22.6 Å². The maximum atomic E-state index is 13.9. The Hall–Kier alpha value is -2.93. The normalized spacial score (nSPS) is 21.9. The molecule has 7 heteroatoms. The summed E-state index contributed by atoms with van der Waals surface area (Å²) in [7, 11) is 1.66. The zero-order chi connectivity index (χ0) is 24.3. The van der Waals surface area contributed by atoms with E-state index in [9.17, 15) is 14.0 Å². The third-order valence-electron chi connectivity index (χ3n) is 6.97. The molecule has 2 fully saturated rings. The summed E-state index contributed by atoms with van der Waals surface area (Å²) in [6.07, 6.45) is 1.87. The van der Waals surface area contributed by atoms with Crippen LogP contribution in [0.15, 0.2) is 48.5 Å². The second-order valence-corrected chi connectivity index (χ2v) is 9.92. The molecular formula is C27H34FN3O3. The van der Waals surface area contributed by atoms with Crippen molar-refractivity contribution >= 4 is 11.9 Å². The van der Waals surface area contributed by atoms with Crippen LogP contribution >= 0.6 is 0 Å². The molecule has 1 atom stereocenters. The summed E-state index contributed by atoms with van der Waals surface area (Å²) < 4.78 is 19.2. The molecule has 2 aliphatic heterocycles. The molecule has 1 N–H and O–H groups in total. The Bertz CT molecular complexity index is 1020. The Morgan fingerprint density at radius 2 is 1.79 bits per heavy atom. The Morgan fingerprint density at radius 3 is 2.41 bits per heavy atom. The van der Waals surface area contributed by atoms with Crippen molar-refractivity contribution in [2.45, 2.75) is 45.2 Å². The first-order valence-corrected chi connectivity index (χ1v) is 12.0. The molecule has 2 aromatic carbocycles. The standard InChI is InChI=1S/C27H34FN3O3/c1-19(2)17-31-25(32)27(29-26(31)33,16-21-5-4-6-23(28)15-21)22-11-13-30(14-12-22)18-20-7-9-24(34-3)10-8-20/h4-10,15,19,22H,11-14,16-18H2,1-3H3,(H,29,33)/t27-/m0/s1. The van der Waals surface area contributed by atoms with Gasteiger partial charge < -0.3 is 10.1 Å². The Labute approximate surface area is 201 Å². The predicted octanol–water partition coefficient (Wildman–Crippen LogP) is 4.24. The van der Waals surface area contributed by atoms with Gasteiger partial charge in [-0.1, -0.05) is 38.1 Å². The molecule has 2 aliphatic rings. The molecular weight excluding hydrogens is 433 g/mol. The molecule has 0 unspecified atom stereocenters. The van der Waals surface area contributed by atoms with Gasteiger partial charge in [-0.15, -0.1) is 0 Å². The summed E-state index contributed by atoms with van der Waals surface area (Å²) in [5.74, 6) is 0.479. The zero-order valence-electron chi connectivity index (χ0n) is 20.2. The lowest BCUT2D eigenvalue weighted by molar-refractivity contribution is -0.134. The molecule has 0 aromatic heterocycles. The number of benzene rings is 2. The predicted molar refractivity (Wildman–Crippen MR) is 129 cm³/mol.